The number of hydrogen-bond donors (Lipinski definition) is 3. The lowest BCUT2D eigenvalue weighted by Crippen LogP contribution is -2.54. The van der Waals surface area contributed by atoms with Gasteiger partial charge in [0.2, 0.25) is 11.8 Å². The molecule has 2 aliphatic heterocycles. The molecule has 2 fully saturated rings. The van der Waals surface area contributed by atoms with Crippen molar-refractivity contribution in [3.63, 3.8) is 0 Å². The van der Waals surface area contributed by atoms with Gasteiger partial charge in [0.25, 0.3) is 0 Å². The number of benzene rings is 1. The van der Waals surface area contributed by atoms with E-state index in [1.165, 1.54) is 0 Å². The summed E-state index contributed by atoms with van der Waals surface area (Å²) < 4.78 is 0. The molecule has 2 aliphatic rings. The van der Waals surface area contributed by atoms with Crippen molar-refractivity contribution in [2.24, 2.45) is 0 Å². The van der Waals surface area contributed by atoms with Crippen LogP contribution in [0.2, 0.25) is 0 Å². The van der Waals surface area contributed by atoms with Crippen LogP contribution in [0, 0.1) is 0 Å². The van der Waals surface area contributed by atoms with Crippen LogP contribution in [0.4, 0.5) is 0 Å². The molecular weight excluding hydrogens is 320 g/mol. The number of aliphatic hydroxyl groups excluding tert-OH is 1. The Morgan fingerprint density at radius 1 is 1.16 bits per heavy atom. The number of aliphatic hydroxyl groups is 1. The number of nitrogens with zero attached hydrogens (tertiary/aromatic N) is 2. The van der Waals surface area contributed by atoms with Crippen LogP contribution in [-0.4, -0.2) is 78.1 Å². The Kier molecular flexibility index (Phi) is 6.01. The molecule has 25 heavy (non-hydrogen) atoms. The first-order valence-electron chi connectivity index (χ1n) is 8.85. The lowest BCUT2D eigenvalue weighted by Gasteiger charge is -2.35. The zero-order chi connectivity index (χ0) is 17.6. The Morgan fingerprint density at radius 2 is 1.88 bits per heavy atom. The van der Waals surface area contributed by atoms with Crippen molar-refractivity contribution in [3.8, 4) is 0 Å². The zero-order valence-electron chi connectivity index (χ0n) is 14.4. The molecule has 7 heteroatoms. The normalized spacial score (nSPS) is 24.3. The molecule has 0 aromatic heterocycles. The Morgan fingerprint density at radius 3 is 2.52 bits per heavy atom. The van der Waals surface area contributed by atoms with E-state index in [1.54, 1.807) is 0 Å². The zero-order valence-corrected chi connectivity index (χ0v) is 14.4. The number of rotatable bonds is 5. The van der Waals surface area contributed by atoms with Crippen molar-refractivity contribution in [1.82, 2.24) is 20.4 Å². The molecule has 7 nitrogen and oxygen atoms in total. The number of carbonyl (C=O) groups excluding carboxylic acids is 2. The number of amides is 2. The van der Waals surface area contributed by atoms with Crippen molar-refractivity contribution >= 4 is 11.8 Å². The van der Waals surface area contributed by atoms with E-state index >= 15 is 0 Å². The number of piperazine rings is 1. The molecule has 0 radical (unpaired) electrons. The number of hydrogen-bond acceptors (Lipinski definition) is 5. The number of nitrogens with one attached hydrogen (secondary N) is 2. The fourth-order valence-corrected chi connectivity index (χ4v) is 3.31. The summed E-state index contributed by atoms with van der Waals surface area (Å²) in [6.45, 7) is 4.01. The van der Waals surface area contributed by atoms with Crippen LogP contribution in [0.1, 0.15) is 12.0 Å². The molecule has 2 atom stereocenters. The van der Waals surface area contributed by atoms with Gasteiger partial charge in [-0.05, 0) is 12.0 Å². The molecule has 2 amide bonds. The van der Waals surface area contributed by atoms with E-state index < -0.39 is 6.10 Å². The number of carbonyl (C=O) groups is 2. The first-order chi connectivity index (χ1) is 12.1. The van der Waals surface area contributed by atoms with E-state index in [1.807, 2.05) is 35.2 Å². The lowest BCUT2D eigenvalue weighted by atomic mass is 10.1. The largest absolute Gasteiger partial charge is 0.392 e. The standard InChI is InChI=1S/C18H26N4O3/c23-15-10-16(19-12-15)18(25)22-8-6-21(7-9-22)13-17(24)20-11-14-4-2-1-3-5-14/h1-5,15-16,19,23H,6-13H2,(H,20,24). The molecule has 0 aliphatic carbocycles. The smallest absolute Gasteiger partial charge is 0.239 e. The average Bonchev–Trinajstić information content (AvgIpc) is 3.07. The van der Waals surface area contributed by atoms with Gasteiger partial charge in [-0.15, -0.1) is 0 Å². The molecule has 2 saturated heterocycles. The second-order valence-corrected chi connectivity index (χ2v) is 6.71. The highest BCUT2D eigenvalue weighted by molar-refractivity contribution is 5.82. The minimum absolute atomic E-state index is 0.00390. The predicted molar refractivity (Wildman–Crippen MR) is 93.7 cm³/mol. The summed E-state index contributed by atoms with van der Waals surface area (Å²) >= 11 is 0. The van der Waals surface area contributed by atoms with Gasteiger partial charge in [0.1, 0.15) is 0 Å². The summed E-state index contributed by atoms with van der Waals surface area (Å²) in [7, 11) is 0. The van der Waals surface area contributed by atoms with E-state index in [0.29, 0.717) is 52.2 Å². The molecule has 3 rings (SSSR count). The molecule has 0 bridgehead atoms. The highest BCUT2D eigenvalue weighted by atomic mass is 16.3. The summed E-state index contributed by atoms with van der Waals surface area (Å²) in [6, 6.07) is 9.56. The van der Waals surface area contributed by atoms with Gasteiger partial charge in [-0.3, -0.25) is 14.5 Å². The van der Waals surface area contributed by atoms with E-state index in [4.69, 9.17) is 0 Å². The molecule has 0 spiro atoms. The second-order valence-electron chi connectivity index (χ2n) is 6.71. The van der Waals surface area contributed by atoms with Gasteiger partial charge in [0.05, 0.1) is 18.7 Å². The Bertz CT molecular complexity index is 587. The van der Waals surface area contributed by atoms with Gasteiger partial charge in [-0.1, -0.05) is 30.3 Å². The monoisotopic (exact) mass is 346 g/mol. The van der Waals surface area contributed by atoms with Crippen molar-refractivity contribution < 1.29 is 14.7 Å². The first-order valence-corrected chi connectivity index (χ1v) is 8.85. The second kappa shape index (κ2) is 8.42. The van der Waals surface area contributed by atoms with Crippen LogP contribution in [0.5, 0.6) is 0 Å². The molecule has 1 aromatic carbocycles. The maximum Gasteiger partial charge on any atom is 0.239 e. The van der Waals surface area contributed by atoms with Crippen molar-refractivity contribution in [3.05, 3.63) is 35.9 Å². The Hall–Kier alpha value is -1.96. The average molecular weight is 346 g/mol. The molecule has 1 aromatic rings. The van der Waals surface area contributed by atoms with E-state index in [9.17, 15) is 14.7 Å². The van der Waals surface area contributed by atoms with Gasteiger partial charge < -0.3 is 20.6 Å². The number of β-amino-alcohol motifs (C(OH)–C–C–N with tert-alkyl or cyclic N) is 1. The van der Waals surface area contributed by atoms with Crippen LogP contribution < -0.4 is 10.6 Å². The first kappa shape index (κ1) is 17.8. The molecule has 3 N–H and O–H groups in total. The van der Waals surface area contributed by atoms with Crippen LogP contribution in [0.3, 0.4) is 0 Å². The highest BCUT2D eigenvalue weighted by Gasteiger charge is 2.32. The van der Waals surface area contributed by atoms with Gasteiger partial charge in [0.15, 0.2) is 0 Å². The van der Waals surface area contributed by atoms with Crippen LogP contribution in [-0.2, 0) is 16.1 Å². The summed E-state index contributed by atoms with van der Waals surface area (Å²) in [5.41, 5.74) is 1.08. The Labute approximate surface area is 148 Å². The van der Waals surface area contributed by atoms with Crippen LogP contribution >= 0.6 is 0 Å². The topological polar surface area (TPSA) is 84.9 Å². The van der Waals surface area contributed by atoms with Gasteiger partial charge in [-0.2, -0.15) is 0 Å². The lowest BCUT2D eigenvalue weighted by molar-refractivity contribution is -0.135. The van der Waals surface area contributed by atoms with Crippen molar-refractivity contribution in [2.45, 2.75) is 25.1 Å². The third-order valence-electron chi connectivity index (χ3n) is 4.79. The molecule has 0 saturated carbocycles. The van der Waals surface area contributed by atoms with Gasteiger partial charge in [-0.25, -0.2) is 0 Å². The quantitative estimate of drug-likeness (QED) is 0.648. The van der Waals surface area contributed by atoms with E-state index in [0.717, 1.165) is 5.56 Å². The van der Waals surface area contributed by atoms with Crippen LogP contribution in [0.15, 0.2) is 30.3 Å². The minimum Gasteiger partial charge on any atom is -0.392 e. The minimum atomic E-state index is -0.427. The fourth-order valence-electron chi connectivity index (χ4n) is 3.31. The van der Waals surface area contributed by atoms with E-state index in [2.05, 4.69) is 15.5 Å². The Balaban J connectivity index is 1.37. The third-order valence-corrected chi connectivity index (χ3v) is 4.79. The molecule has 2 unspecified atom stereocenters. The SMILES string of the molecule is O=C(CN1CCN(C(=O)C2CC(O)CN2)CC1)NCc1ccccc1. The highest BCUT2D eigenvalue weighted by Crippen LogP contribution is 2.11. The van der Waals surface area contributed by atoms with Gasteiger partial charge in [0, 0.05) is 39.3 Å². The van der Waals surface area contributed by atoms with Crippen molar-refractivity contribution in [2.75, 3.05) is 39.3 Å². The molecular formula is C18H26N4O3. The fraction of sp³-hybridized carbons (Fsp3) is 0.556. The summed E-state index contributed by atoms with van der Waals surface area (Å²) in [5.74, 6) is 0.0638. The summed E-state index contributed by atoms with van der Waals surface area (Å²) in [6.07, 6.45) is 0.0598. The maximum absolute atomic E-state index is 12.4. The maximum atomic E-state index is 12.4. The molecule has 136 valence electrons. The third kappa shape index (κ3) is 5.01. The predicted octanol–water partition coefficient (Wildman–Crippen LogP) is -0.830. The molecule has 2 heterocycles. The van der Waals surface area contributed by atoms with E-state index in [-0.39, 0.29) is 17.9 Å². The van der Waals surface area contributed by atoms with Crippen molar-refractivity contribution in [1.29, 1.82) is 0 Å². The van der Waals surface area contributed by atoms with Gasteiger partial charge >= 0.3 is 0 Å². The summed E-state index contributed by atoms with van der Waals surface area (Å²) in [5, 5.41) is 15.5. The summed E-state index contributed by atoms with van der Waals surface area (Å²) in [4.78, 5) is 28.4. The van der Waals surface area contributed by atoms with Crippen LogP contribution in [0.25, 0.3) is 0 Å².